The average molecular weight is 357 g/mol. The third-order valence-corrected chi connectivity index (χ3v) is 4.08. The van der Waals surface area contributed by atoms with Crippen molar-refractivity contribution in [3.05, 3.63) is 35.9 Å². The van der Waals surface area contributed by atoms with Crippen LogP contribution < -0.4 is 11.1 Å². The van der Waals surface area contributed by atoms with Crippen LogP contribution in [0.5, 0.6) is 0 Å². The summed E-state index contributed by atoms with van der Waals surface area (Å²) in [5.74, 6) is -1.13. The molecule has 1 fully saturated rings. The quantitative estimate of drug-likeness (QED) is 0.751. The zero-order chi connectivity index (χ0) is 16.7. The van der Waals surface area contributed by atoms with Crippen molar-refractivity contribution in [2.75, 3.05) is 26.4 Å². The Balaban J connectivity index is 0.00000288. The first-order valence-electron chi connectivity index (χ1n) is 7.93. The summed E-state index contributed by atoms with van der Waals surface area (Å²) >= 11 is 0. The fourth-order valence-corrected chi connectivity index (χ4v) is 2.60. The lowest BCUT2D eigenvalue weighted by Gasteiger charge is -2.32. The Kier molecular flexibility index (Phi) is 8.18. The third-order valence-electron chi connectivity index (χ3n) is 4.08. The number of carbonyl (C=O) groups excluding carboxylic acids is 2. The molecular formula is C17H25ClN2O4. The van der Waals surface area contributed by atoms with Crippen molar-refractivity contribution in [1.29, 1.82) is 0 Å². The first-order valence-corrected chi connectivity index (χ1v) is 7.93. The number of ether oxygens (including phenoxy) is 2. The minimum absolute atomic E-state index is 0. The monoisotopic (exact) mass is 356 g/mol. The van der Waals surface area contributed by atoms with E-state index in [2.05, 4.69) is 5.32 Å². The molecule has 3 N–H and O–H groups in total. The van der Waals surface area contributed by atoms with Gasteiger partial charge in [-0.15, -0.1) is 12.4 Å². The van der Waals surface area contributed by atoms with E-state index < -0.39 is 11.5 Å². The predicted molar refractivity (Wildman–Crippen MR) is 93.0 cm³/mol. The summed E-state index contributed by atoms with van der Waals surface area (Å²) < 4.78 is 10.4. The molecule has 1 unspecified atom stereocenters. The number of hydrogen-bond acceptors (Lipinski definition) is 5. The highest BCUT2D eigenvalue weighted by molar-refractivity contribution is 5.87. The van der Waals surface area contributed by atoms with Crippen molar-refractivity contribution < 1.29 is 19.1 Å². The Morgan fingerprint density at radius 3 is 2.50 bits per heavy atom. The van der Waals surface area contributed by atoms with Crippen LogP contribution in [0.25, 0.3) is 0 Å². The van der Waals surface area contributed by atoms with Gasteiger partial charge in [-0.1, -0.05) is 30.3 Å². The van der Waals surface area contributed by atoms with Gasteiger partial charge in [-0.25, -0.2) is 0 Å². The van der Waals surface area contributed by atoms with Crippen molar-refractivity contribution in [3.63, 3.8) is 0 Å². The number of esters is 1. The van der Waals surface area contributed by atoms with Gasteiger partial charge in [0.2, 0.25) is 5.91 Å². The first kappa shape index (κ1) is 20.4. The first-order chi connectivity index (χ1) is 11.1. The van der Waals surface area contributed by atoms with Crippen LogP contribution in [0.4, 0.5) is 0 Å². The lowest BCUT2D eigenvalue weighted by Crippen LogP contribution is -2.57. The van der Waals surface area contributed by atoms with E-state index in [1.54, 1.807) is 6.92 Å². The zero-order valence-electron chi connectivity index (χ0n) is 13.8. The number of rotatable bonds is 6. The van der Waals surface area contributed by atoms with Gasteiger partial charge < -0.3 is 20.5 Å². The van der Waals surface area contributed by atoms with Crippen LogP contribution >= 0.6 is 12.4 Å². The molecule has 134 valence electrons. The van der Waals surface area contributed by atoms with Gasteiger partial charge in [0, 0.05) is 19.8 Å². The fourth-order valence-electron chi connectivity index (χ4n) is 2.60. The molecule has 1 saturated heterocycles. The van der Waals surface area contributed by atoms with Crippen LogP contribution in [-0.4, -0.2) is 43.8 Å². The third kappa shape index (κ3) is 5.19. The number of nitrogens with one attached hydrogen (secondary N) is 1. The molecule has 0 aliphatic carbocycles. The number of nitrogens with two attached hydrogens (primary N) is 1. The van der Waals surface area contributed by atoms with E-state index in [-0.39, 0.29) is 30.8 Å². The van der Waals surface area contributed by atoms with E-state index in [4.69, 9.17) is 15.2 Å². The SMILES string of the molecule is CCOC(=O)C(CNC(=O)C1(N)CCOCC1)c1ccccc1.Cl. The van der Waals surface area contributed by atoms with Crippen LogP contribution in [-0.2, 0) is 19.1 Å². The summed E-state index contributed by atoms with van der Waals surface area (Å²) in [6, 6.07) is 9.28. The standard InChI is InChI=1S/C17H24N2O4.ClH/c1-2-23-15(20)14(13-6-4-3-5-7-13)12-19-16(21)17(18)8-10-22-11-9-17;/h3-7,14H,2,8-12,18H2,1H3,(H,19,21);1H. The normalized spacial score (nSPS) is 17.2. The van der Waals surface area contributed by atoms with Gasteiger partial charge in [0.25, 0.3) is 0 Å². The second-order valence-electron chi connectivity index (χ2n) is 5.69. The van der Waals surface area contributed by atoms with Gasteiger partial charge in [-0.2, -0.15) is 0 Å². The highest BCUT2D eigenvalue weighted by Gasteiger charge is 2.36. The van der Waals surface area contributed by atoms with Crippen molar-refractivity contribution in [3.8, 4) is 0 Å². The molecule has 1 atom stereocenters. The van der Waals surface area contributed by atoms with Gasteiger partial charge >= 0.3 is 5.97 Å². The maximum atomic E-state index is 12.4. The summed E-state index contributed by atoms with van der Waals surface area (Å²) in [6.07, 6.45) is 0.961. The number of amides is 1. The smallest absolute Gasteiger partial charge is 0.315 e. The second-order valence-corrected chi connectivity index (χ2v) is 5.69. The molecule has 7 heteroatoms. The molecule has 0 aromatic heterocycles. The van der Waals surface area contributed by atoms with Crippen molar-refractivity contribution in [1.82, 2.24) is 5.32 Å². The molecule has 1 aliphatic heterocycles. The van der Waals surface area contributed by atoms with Crippen LogP contribution in [0.3, 0.4) is 0 Å². The molecule has 1 aromatic rings. The molecule has 0 saturated carbocycles. The topological polar surface area (TPSA) is 90.7 Å². The van der Waals surface area contributed by atoms with Crippen LogP contribution in [0.1, 0.15) is 31.2 Å². The van der Waals surface area contributed by atoms with Gasteiger partial charge in [-0.05, 0) is 25.3 Å². The van der Waals surface area contributed by atoms with Crippen molar-refractivity contribution in [2.45, 2.75) is 31.2 Å². The minimum Gasteiger partial charge on any atom is -0.465 e. The molecule has 24 heavy (non-hydrogen) atoms. The Morgan fingerprint density at radius 1 is 1.29 bits per heavy atom. The van der Waals surface area contributed by atoms with Crippen molar-refractivity contribution >= 4 is 24.3 Å². The maximum absolute atomic E-state index is 12.4. The van der Waals surface area contributed by atoms with Gasteiger partial charge in [0.05, 0.1) is 18.1 Å². The van der Waals surface area contributed by atoms with E-state index in [0.717, 1.165) is 5.56 Å². The molecule has 0 bridgehead atoms. The average Bonchev–Trinajstić information content (AvgIpc) is 2.57. The summed E-state index contributed by atoms with van der Waals surface area (Å²) in [6.45, 7) is 3.18. The molecule has 0 spiro atoms. The largest absolute Gasteiger partial charge is 0.465 e. The summed E-state index contributed by atoms with van der Waals surface area (Å²) in [5, 5.41) is 2.81. The molecule has 1 aromatic carbocycles. The summed E-state index contributed by atoms with van der Waals surface area (Å²) in [7, 11) is 0. The summed E-state index contributed by atoms with van der Waals surface area (Å²) in [5.41, 5.74) is 6.04. The predicted octanol–water partition coefficient (Wildman–Crippen LogP) is 1.38. The highest BCUT2D eigenvalue weighted by atomic mass is 35.5. The van der Waals surface area contributed by atoms with E-state index in [1.165, 1.54) is 0 Å². The molecule has 1 amide bonds. The molecule has 1 aliphatic rings. The van der Waals surface area contributed by atoms with Crippen molar-refractivity contribution in [2.24, 2.45) is 5.73 Å². The Bertz CT molecular complexity index is 533. The van der Waals surface area contributed by atoms with Gasteiger partial charge in [-0.3, -0.25) is 9.59 Å². The van der Waals surface area contributed by atoms with Crippen LogP contribution in [0.15, 0.2) is 30.3 Å². The second kappa shape index (κ2) is 9.61. The zero-order valence-corrected chi connectivity index (χ0v) is 14.6. The Hall–Kier alpha value is -1.63. The van der Waals surface area contributed by atoms with Crippen LogP contribution in [0, 0.1) is 0 Å². The number of carbonyl (C=O) groups is 2. The Labute approximate surface area is 148 Å². The highest BCUT2D eigenvalue weighted by Crippen LogP contribution is 2.20. The lowest BCUT2D eigenvalue weighted by molar-refractivity contribution is -0.145. The van der Waals surface area contributed by atoms with E-state index >= 15 is 0 Å². The Morgan fingerprint density at radius 2 is 1.92 bits per heavy atom. The minimum atomic E-state index is -0.922. The van der Waals surface area contributed by atoms with E-state index in [0.29, 0.717) is 32.7 Å². The van der Waals surface area contributed by atoms with Gasteiger partial charge in [0.1, 0.15) is 0 Å². The molecule has 0 radical (unpaired) electrons. The fraction of sp³-hybridized carbons (Fsp3) is 0.529. The molecule has 1 heterocycles. The number of hydrogen-bond donors (Lipinski definition) is 2. The summed E-state index contributed by atoms with van der Waals surface area (Å²) in [4.78, 5) is 24.6. The number of benzene rings is 1. The van der Waals surface area contributed by atoms with Crippen LogP contribution in [0.2, 0.25) is 0 Å². The lowest BCUT2D eigenvalue weighted by atomic mass is 9.90. The molecular weight excluding hydrogens is 332 g/mol. The van der Waals surface area contributed by atoms with Gasteiger partial charge in [0.15, 0.2) is 0 Å². The maximum Gasteiger partial charge on any atom is 0.315 e. The molecule has 6 nitrogen and oxygen atoms in total. The molecule has 2 rings (SSSR count). The number of halogens is 1. The van der Waals surface area contributed by atoms with E-state index in [1.807, 2.05) is 30.3 Å². The van der Waals surface area contributed by atoms with E-state index in [9.17, 15) is 9.59 Å².